The van der Waals surface area contributed by atoms with Crippen LogP contribution in [0.2, 0.25) is 18.1 Å². The number of hydrogen-bond donors (Lipinski definition) is 0. The fourth-order valence-electron chi connectivity index (χ4n) is 7.83. The molecular formula is C26H46OSi. The predicted octanol–water partition coefficient (Wildman–Crippen LogP) is 7.98. The zero-order valence-electron chi connectivity index (χ0n) is 19.9. The summed E-state index contributed by atoms with van der Waals surface area (Å²) >= 11 is 0. The van der Waals surface area contributed by atoms with Gasteiger partial charge in [0.05, 0.1) is 0 Å². The van der Waals surface area contributed by atoms with Crippen LogP contribution in [0.4, 0.5) is 0 Å². The van der Waals surface area contributed by atoms with Gasteiger partial charge in [0.2, 0.25) is 0 Å². The molecule has 0 aromatic heterocycles. The minimum atomic E-state index is -1.65. The lowest BCUT2D eigenvalue weighted by Crippen LogP contribution is -2.54. The SMILES string of the molecule is C=C1CC[C@H]2[C@@H]3CC[C@H]4C[C@@H](O[Si](C)(C)C(C)(C)C)CC[C@]4(C)[C@H]3CC[C@]12C. The Morgan fingerprint density at radius 1 is 0.964 bits per heavy atom. The van der Waals surface area contributed by atoms with Gasteiger partial charge in [-0.05, 0) is 110 Å². The van der Waals surface area contributed by atoms with Gasteiger partial charge in [-0.15, -0.1) is 0 Å². The van der Waals surface area contributed by atoms with Crippen LogP contribution < -0.4 is 0 Å². The summed E-state index contributed by atoms with van der Waals surface area (Å²) in [7, 11) is -1.65. The first-order valence-corrected chi connectivity index (χ1v) is 15.2. The fraction of sp³-hybridized carbons (Fsp3) is 0.923. The van der Waals surface area contributed by atoms with Crippen molar-refractivity contribution in [2.24, 2.45) is 34.5 Å². The van der Waals surface area contributed by atoms with Crippen molar-refractivity contribution in [2.45, 2.75) is 117 Å². The van der Waals surface area contributed by atoms with Crippen LogP contribution in [0, 0.1) is 34.5 Å². The molecule has 7 atom stereocenters. The fourth-order valence-corrected chi connectivity index (χ4v) is 9.23. The standard InChI is InChI=1S/C26H46OSi/c1-18-9-12-22-21-11-10-19-17-20(27-28(7,8)24(2,3)4)13-15-26(19,6)23(21)14-16-25(18,22)5/h19-23H,1,9-17H2,2-8H3/t19-,20-,21-,22-,23-,25+,26-/m0/s1. The molecule has 0 heterocycles. The van der Waals surface area contributed by atoms with Gasteiger partial charge in [-0.3, -0.25) is 0 Å². The third-order valence-corrected chi connectivity index (χ3v) is 15.4. The van der Waals surface area contributed by atoms with Crippen LogP contribution in [0.3, 0.4) is 0 Å². The summed E-state index contributed by atoms with van der Waals surface area (Å²) in [6.45, 7) is 21.8. The molecule has 0 radical (unpaired) electrons. The normalized spacial score (nSPS) is 46.7. The topological polar surface area (TPSA) is 9.23 Å². The van der Waals surface area contributed by atoms with Crippen molar-refractivity contribution in [3.8, 4) is 0 Å². The van der Waals surface area contributed by atoms with E-state index in [-0.39, 0.29) is 0 Å². The van der Waals surface area contributed by atoms with Crippen LogP contribution in [0.1, 0.15) is 92.4 Å². The highest BCUT2D eigenvalue weighted by atomic mass is 28.4. The Kier molecular flexibility index (Phi) is 5.07. The molecule has 0 spiro atoms. The molecule has 160 valence electrons. The molecule has 1 nitrogen and oxygen atoms in total. The van der Waals surface area contributed by atoms with Crippen molar-refractivity contribution < 1.29 is 4.43 Å². The minimum absolute atomic E-state index is 0.324. The monoisotopic (exact) mass is 402 g/mol. The molecule has 4 rings (SSSR count). The van der Waals surface area contributed by atoms with Crippen molar-refractivity contribution in [2.75, 3.05) is 0 Å². The molecule has 4 aliphatic rings. The summed E-state index contributed by atoms with van der Waals surface area (Å²) in [5, 5.41) is 0.324. The van der Waals surface area contributed by atoms with Gasteiger partial charge in [0.25, 0.3) is 0 Å². The maximum absolute atomic E-state index is 6.90. The molecule has 0 aliphatic heterocycles. The lowest BCUT2D eigenvalue weighted by molar-refractivity contribution is -0.114. The zero-order valence-corrected chi connectivity index (χ0v) is 20.9. The Balaban J connectivity index is 1.48. The van der Waals surface area contributed by atoms with E-state index < -0.39 is 8.32 Å². The van der Waals surface area contributed by atoms with Gasteiger partial charge in [0, 0.05) is 6.10 Å². The van der Waals surface area contributed by atoms with Gasteiger partial charge in [0.1, 0.15) is 0 Å². The predicted molar refractivity (Wildman–Crippen MR) is 123 cm³/mol. The number of rotatable bonds is 2. The Hall–Kier alpha value is -0.0831. The molecule has 0 saturated heterocycles. The van der Waals surface area contributed by atoms with E-state index >= 15 is 0 Å². The second kappa shape index (κ2) is 6.71. The summed E-state index contributed by atoms with van der Waals surface area (Å²) in [6, 6.07) is 0. The summed E-state index contributed by atoms with van der Waals surface area (Å²) in [4.78, 5) is 0. The lowest BCUT2D eigenvalue weighted by Gasteiger charge is -2.61. The van der Waals surface area contributed by atoms with Gasteiger partial charge in [-0.2, -0.15) is 0 Å². The van der Waals surface area contributed by atoms with Crippen molar-refractivity contribution >= 4 is 8.32 Å². The Morgan fingerprint density at radius 3 is 2.36 bits per heavy atom. The van der Waals surface area contributed by atoms with E-state index in [1.165, 1.54) is 57.8 Å². The number of allylic oxidation sites excluding steroid dienone is 1. The number of fused-ring (bicyclic) bond motifs is 5. The van der Waals surface area contributed by atoms with Crippen molar-refractivity contribution in [3.05, 3.63) is 12.2 Å². The van der Waals surface area contributed by atoms with Crippen LogP contribution in [0.15, 0.2) is 12.2 Å². The average Bonchev–Trinajstić information content (AvgIpc) is 2.89. The summed E-state index contributed by atoms with van der Waals surface area (Å²) in [6.07, 6.45) is 13.1. The molecule has 0 bridgehead atoms. The molecule has 0 aromatic rings. The largest absolute Gasteiger partial charge is 0.414 e. The van der Waals surface area contributed by atoms with Gasteiger partial charge < -0.3 is 4.43 Å². The van der Waals surface area contributed by atoms with E-state index in [0.717, 1.165) is 23.7 Å². The molecule has 0 aromatic carbocycles. The molecule has 4 fully saturated rings. The molecule has 0 N–H and O–H groups in total. The Labute approximate surface area is 176 Å². The first kappa shape index (κ1) is 21.2. The summed E-state index contributed by atoms with van der Waals surface area (Å²) < 4.78 is 6.90. The molecule has 2 heteroatoms. The molecule has 28 heavy (non-hydrogen) atoms. The van der Waals surface area contributed by atoms with Crippen LogP contribution in [0.5, 0.6) is 0 Å². The minimum Gasteiger partial charge on any atom is -0.414 e. The second-order valence-corrected chi connectivity index (χ2v) is 17.8. The quantitative estimate of drug-likeness (QED) is 0.336. The average molecular weight is 403 g/mol. The lowest BCUT2D eigenvalue weighted by atomic mass is 9.45. The number of hydrogen-bond acceptors (Lipinski definition) is 1. The highest BCUT2D eigenvalue weighted by Gasteiger charge is 2.59. The second-order valence-electron chi connectivity index (χ2n) is 13.0. The molecule has 4 aliphatic carbocycles. The van der Waals surface area contributed by atoms with Crippen molar-refractivity contribution in [3.63, 3.8) is 0 Å². The van der Waals surface area contributed by atoms with Gasteiger partial charge in [0.15, 0.2) is 8.32 Å². The summed E-state index contributed by atoms with van der Waals surface area (Å²) in [5.41, 5.74) is 2.61. The maximum Gasteiger partial charge on any atom is 0.192 e. The van der Waals surface area contributed by atoms with E-state index in [0.29, 0.717) is 22.0 Å². The van der Waals surface area contributed by atoms with Crippen LogP contribution in [-0.2, 0) is 4.43 Å². The van der Waals surface area contributed by atoms with Crippen LogP contribution >= 0.6 is 0 Å². The Bertz CT molecular complexity index is 631. The first-order chi connectivity index (χ1) is 12.9. The van der Waals surface area contributed by atoms with Crippen molar-refractivity contribution in [1.29, 1.82) is 0 Å². The van der Waals surface area contributed by atoms with Gasteiger partial charge in [-0.1, -0.05) is 46.8 Å². The third-order valence-electron chi connectivity index (χ3n) is 10.8. The summed E-state index contributed by atoms with van der Waals surface area (Å²) in [5.74, 6) is 3.75. The molecule has 0 amide bonds. The molecule has 0 unspecified atom stereocenters. The van der Waals surface area contributed by atoms with E-state index in [2.05, 4.69) is 54.3 Å². The molecule has 4 saturated carbocycles. The smallest absolute Gasteiger partial charge is 0.192 e. The van der Waals surface area contributed by atoms with E-state index in [1.807, 2.05) is 0 Å². The van der Waals surface area contributed by atoms with Gasteiger partial charge >= 0.3 is 0 Å². The third kappa shape index (κ3) is 3.11. The highest BCUT2D eigenvalue weighted by molar-refractivity contribution is 6.74. The Morgan fingerprint density at radius 2 is 1.68 bits per heavy atom. The van der Waals surface area contributed by atoms with Crippen LogP contribution in [0.25, 0.3) is 0 Å². The van der Waals surface area contributed by atoms with Crippen molar-refractivity contribution in [1.82, 2.24) is 0 Å². The first-order valence-electron chi connectivity index (χ1n) is 12.2. The van der Waals surface area contributed by atoms with E-state index in [9.17, 15) is 0 Å². The van der Waals surface area contributed by atoms with E-state index in [4.69, 9.17) is 4.43 Å². The van der Waals surface area contributed by atoms with Gasteiger partial charge in [-0.25, -0.2) is 0 Å². The van der Waals surface area contributed by atoms with Crippen LogP contribution in [-0.4, -0.2) is 14.4 Å². The van der Waals surface area contributed by atoms with E-state index in [1.54, 1.807) is 5.57 Å². The maximum atomic E-state index is 6.90. The molecular weight excluding hydrogens is 356 g/mol. The highest BCUT2D eigenvalue weighted by Crippen LogP contribution is 2.67. The zero-order chi connectivity index (χ0) is 20.5.